The van der Waals surface area contributed by atoms with Crippen LogP contribution in [0.4, 0.5) is 17.6 Å². The summed E-state index contributed by atoms with van der Waals surface area (Å²) in [5.41, 5.74) is -2.53. The number of nitrogens with one attached hydrogen (secondary N) is 1. The fourth-order valence-electron chi connectivity index (χ4n) is 0.671. The van der Waals surface area contributed by atoms with Crippen molar-refractivity contribution in [2.24, 2.45) is 0 Å². The molecule has 0 aromatic carbocycles. The van der Waals surface area contributed by atoms with Crippen LogP contribution >= 0.6 is 0 Å². The highest BCUT2D eigenvalue weighted by Gasteiger charge is 2.34. The van der Waals surface area contributed by atoms with Crippen molar-refractivity contribution in [2.45, 2.75) is 6.18 Å². The molecule has 0 radical (unpaired) electrons. The highest BCUT2D eigenvalue weighted by molar-refractivity contribution is 5.15. The molecule has 66 valence electrons. The number of aromatic nitrogens is 1. The van der Waals surface area contributed by atoms with Crippen LogP contribution in [0.5, 0.6) is 0 Å². The van der Waals surface area contributed by atoms with Crippen molar-refractivity contribution in [3.63, 3.8) is 0 Å². The summed E-state index contributed by atoms with van der Waals surface area (Å²) < 4.78 is 47.9. The SMILES string of the molecule is O=c1cc(C(F)(F)F)c(F)c[nH]1. The second-order valence-corrected chi connectivity index (χ2v) is 2.06. The number of hydrogen-bond donors (Lipinski definition) is 1. The normalized spacial score (nSPS) is 11.7. The van der Waals surface area contributed by atoms with Crippen LogP contribution < -0.4 is 5.56 Å². The molecule has 0 aliphatic heterocycles. The average molecular weight is 181 g/mol. The number of halogens is 4. The average Bonchev–Trinajstić information content (AvgIpc) is 1.92. The molecule has 0 bridgehead atoms. The van der Waals surface area contributed by atoms with E-state index in [0.29, 0.717) is 6.20 Å². The molecule has 0 aliphatic rings. The van der Waals surface area contributed by atoms with Gasteiger partial charge in [0.1, 0.15) is 0 Å². The summed E-state index contributed by atoms with van der Waals surface area (Å²) in [5, 5.41) is 0. The van der Waals surface area contributed by atoms with E-state index in [2.05, 4.69) is 0 Å². The summed E-state index contributed by atoms with van der Waals surface area (Å²) in [6, 6.07) is 0.176. The summed E-state index contributed by atoms with van der Waals surface area (Å²) in [6.45, 7) is 0. The lowest BCUT2D eigenvalue weighted by Crippen LogP contribution is -2.14. The fraction of sp³-hybridized carbons (Fsp3) is 0.167. The van der Waals surface area contributed by atoms with Crippen molar-refractivity contribution in [1.29, 1.82) is 0 Å². The quantitative estimate of drug-likeness (QED) is 0.605. The zero-order chi connectivity index (χ0) is 9.35. The standard InChI is InChI=1S/C6H3F4NO/c7-4-2-11-5(12)1-3(4)6(8,9)10/h1-2H,(H,11,12). The van der Waals surface area contributed by atoms with Gasteiger partial charge in [0.25, 0.3) is 0 Å². The van der Waals surface area contributed by atoms with Gasteiger partial charge in [-0.25, -0.2) is 4.39 Å². The van der Waals surface area contributed by atoms with E-state index in [4.69, 9.17) is 0 Å². The molecule has 1 heterocycles. The Balaban J connectivity index is 3.33. The molecule has 0 atom stereocenters. The smallest absolute Gasteiger partial charge is 0.326 e. The predicted octanol–water partition coefficient (Wildman–Crippen LogP) is 1.53. The van der Waals surface area contributed by atoms with Crippen LogP contribution in [0.2, 0.25) is 0 Å². The van der Waals surface area contributed by atoms with Crippen molar-refractivity contribution in [1.82, 2.24) is 4.98 Å². The van der Waals surface area contributed by atoms with E-state index in [0.717, 1.165) is 0 Å². The molecule has 0 saturated heterocycles. The van der Waals surface area contributed by atoms with E-state index < -0.39 is 23.1 Å². The minimum Gasteiger partial charge on any atom is -0.326 e. The molecular weight excluding hydrogens is 178 g/mol. The van der Waals surface area contributed by atoms with Gasteiger partial charge in [0.2, 0.25) is 5.56 Å². The summed E-state index contributed by atoms with van der Waals surface area (Å²) in [7, 11) is 0. The first kappa shape index (κ1) is 8.76. The second kappa shape index (κ2) is 2.62. The van der Waals surface area contributed by atoms with Crippen LogP contribution in [0.1, 0.15) is 5.56 Å². The number of rotatable bonds is 0. The molecule has 0 saturated carbocycles. The Morgan fingerprint density at radius 3 is 2.33 bits per heavy atom. The lowest BCUT2D eigenvalue weighted by Gasteiger charge is -2.05. The van der Waals surface area contributed by atoms with Gasteiger partial charge in [-0.3, -0.25) is 4.79 Å². The van der Waals surface area contributed by atoms with E-state index in [9.17, 15) is 22.4 Å². The van der Waals surface area contributed by atoms with Gasteiger partial charge in [-0.1, -0.05) is 0 Å². The van der Waals surface area contributed by atoms with Crippen molar-refractivity contribution in [3.8, 4) is 0 Å². The van der Waals surface area contributed by atoms with Gasteiger partial charge in [-0.2, -0.15) is 13.2 Å². The maximum atomic E-state index is 12.4. The number of hydrogen-bond acceptors (Lipinski definition) is 1. The van der Waals surface area contributed by atoms with Gasteiger partial charge in [0.05, 0.1) is 5.56 Å². The van der Waals surface area contributed by atoms with Crippen LogP contribution in [0.25, 0.3) is 0 Å². The van der Waals surface area contributed by atoms with Crippen LogP contribution in [0.3, 0.4) is 0 Å². The fourth-order valence-corrected chi connectivity index (χ4v) is 0.671. The Kier molecular flexibility index (Phi) is 1.91. The number of pyridine rings is 1. The second-order valence-electron chi connectivity index (χ2n) is 2.06. The van der Waals surface area contributed by atoms with Crippen molar-refractivity contribution in [2.75, 3.05) is 0 Å². The van der Waals surface area contributed by atoms with Gasteiger partial charge >= 0.3 is 6.18 Å². The first-order valence-electron chi connectivity index (χ1n) is 2.86. The van der Waals surface area contributed by atoms with Crippen molar-refractivity contribution in [3.05, 3.63) is 34.0 Å². The van der Waals surface area contributed by atoms with Crippen LogP contribution in [-0.4, -0.2) is 4.98 Å². The number of H-pyrrole nitrogens is 1. The highest BCUT2D eigenvalue weighted by atomic mass is 19.4. The maximum Gasteiger partial charge on any atom is 0.419 e. The Bertz CT molecular complexity index is 340. The Morgan fingerprint density at radius 2 is 1.92 bits per heavy atom. The van der Waals surface area contributed by atoms with E-state index in [-0.39, 0.29) is 6.07 Å². The molecule has 1 aromatic heterocycles. The van der Waals surface area contributed by atoms with Crippen molar-refractivity contribution >= 4 is 0 Å². The highest BCUT2D eigenvalue weighted by Crippen LogP contribution is 2.29. The predicted molar refractivity (Wildman–Crippen MR) is 32.0 cm³/mol. The lowest BCUT2D eigenvalue weighted by atomic mass is 10.2. The Morgan fingerprint density at radius 1 is 1.33 bits per heavy atom. The molecule has 0 spiro atoms. The minimum absolute atomic E-state index is 0.176. The summed E-state index contributed by atoms with van der Waals surface area (Å²) in [4.78, 5) is 12.1. The van der Waals surface area contributed by atoms with Crippen molar-refractivity contribution < 1.29 is 17.6 Å². The number of aromatic amines is 1. The van der Waals surface area contributed by atoms with E-state index in [1.54, 1.807) is 4.98 Å². The molecule has 6 heteroatoms. The van der Waals surface area contributed by atoms with E-state index in [1.165, 1.54) is 0 Å². The third-order valence-electron chi connectivity index (χ3n) is 1.18. The zero-order valence-corrected chi connectivity index (χ0v) is 5.57. The lowest BCUT2D eigenvalue weighted by molar-refractivity contribution is -0.140. The van der Waals surface area contributed by atoms with Crippen LogP contribution in [-0.2, 0) is 6.18 Å². The van der Waals surface area contributed by atoms with Crippen LogP contribution in [0, 0.1) is 5.82 Å². The van der Waals surface area contributed by atoms with Gasteiger partial charge in [0, 0.05) is 12.3 Å². The molecule has 12 heavy (non-hydrogen) atoms. The third-order valence-corrected chi connectivity index (χ3v) is 1.18. The third kappa shape index (κ3) is 1.63. The van der Waals surface area contributed by atoms with E-state index in [1.807, 2.05) is 0 Å². The maximum absolute atomic E-state index is 12.4. The molecule has 0 unspecified atom stereocenters. The van der Waals surface area contributed by atoms with Gasteiger partial charge in [-0.15, -0.1) is 0 Å². The molecule has 1 rings (SSSR count). The molecule has 1 N–H and O–H groups in total. The minimum atomic E-state index is -4.82. The Labute approximate surface area is 63.8 Å². The first-order chi connectivity index (χ1) is 5.41. The summed E-state index contributed by atoms with van der Waals surface area (Å²) in [6.07, 6.45) is -4.44. The van der Waals surface area contributed by atoms with Gasteiger partial charge < -0.3 is 4.98 Å². The molecule has 2 nitrogen and oxygen atoms in total. The molecule has 1 aromatic rings. The van der Waals surface area contributed by atoms with Gasteiger partial charge in [0.15, 0.2) is 5.82 Å². The van der Waals surface area contributed by atoms with Gasteiger partial charge in [-0.05, 0) is 0 Å². The molecular formula is C6H3F4NO. The summed E-state index contributed by atoms with van der Waals surface area (Å²) >= 11 is 0. The van der Waals surface area contributed by atoms with Crippen LogP contribution in [0.15, 0.2) is 17.1 Å². The number of alkyl halides is 3. The van der Waals surface area contributed by atoms with E-state index >= 15 is 0 Å². The molecule has 0 amide bonds. The largest absolute Gasteiger partial charge is 0.419 e. The topological polar surface area (TPSA) is 32.9 Å². The monoisotopic (exact) mass is 181 g/mol. The first-order valence-corrected chi connectivity index (χ1v) is 2.86. The Hall–Kier alpha value is -1.33. The molecule has 0 fully saturated rings. The zero-order valence-electron chi connectivity index (χ0n) is 5.57. The molecule has 0 aliphatic carbocycles. The summed E-state index contributed by atoms with van der Waals surface area (Å²) in [5.74, 6) is -1.48.